The summed E-state index contributed by atoms with van der Waals surface area (Å²) in [5.74, 6) is 0.284. The van der Waals surface area contributed by atoms with E-state index in [1.807, 2.05) is 18.7 Å². The Morgan fingerprint density at radius 3 is 2.65 bits per heavy atom. The molecular weight excluding hydrogens is 254 g/mol. The quantitative estimate of drug-likeness (QED) is 0.805. The molecule has 2 amide bonds. The Morgan fingerprint density at radius 2 is 1.90 bits per heavy atom. The first-order valence-corrected chi connectivity index (χ1v) is 7.92. The number of amides is 2. The molecule has 5 nitrogen and oxygen atoms in total. The minimum atomic E-state index is -0.289. The van der Waals surface area contributed by atoms with Gasteiger partial charge in [-0.1, -0.05) is 20.3 Å². The second-order valence-corrected chi connectivity index (χ2v) is 6.66. The highest BCUT2D eigenvalue weighted by Gasteiger charge is 2.47. The lowest BCUT2D eigenvalue weighted by Gasteiger charge is -2.44. The van der Waals surface area contributed by atoms with Crippen molar-refractivity contribution in [1.29, 1.82) is 0 Å². The van der Waals surface area contributed by atoms with Crippen molar-refractivity contribution in [1.82, 2.24) is 15.1 Å². The molecule has 3 atom stereocenters. The molecule has 3 unspecified atom stereocenters. The van der Waals surface area contributed by atoms with E-state index in [9.17, 15) is 9.59 Å². The maximum Gasteiger partial charge on any atom is 0.243 e. The number of nitrogens with zero attached hydrogens (tertiary/aromatic N) is 2. The van der Waals surface area contributed by atoms with Gasteiger partial charge in [0.1, 0.15) is 6.04 Å². The Hall–Kier alpha value is -1.10. The molecule has 1 N–H and O–H groups in total. The number of hydrogen-bond acceptors (Lipinski definition) is 3. The highest BCUT2D eigenvalue weighted by atomic mass is 16.2. The van der Waals surface area contributed by atoms with Gasteiger partial charge in [0.15, 0.2) is 0 Å². The second-order valence-electron chi connectivity index (χ2n) is 6.66. The standard InChI is InChI=1S/C15H25N3O2/c1-10(2)14-15(20)16-9-13(19)18(14)12-6-8-17-7-4-3-5-11(12)17/h10-12,14H,3-9H2,1-2H3,(H,16,20). The Labute approximate surface area is 120 Å². The number of hydrogen-bond donors (Lipinski definition) is 1. The molecule has 0 radical (unpaired) electrons. The smallest absolute Gasteiger partial charge is 0.243 e. The van der Waals surface area contributed by atoms with Gasteiger partial charge >= 0.3 is 0 Å². The van der Waals surface area contributed by atoms with Crippen molar-refractivity contribution in [2.24, 2.45) is 5.92 Å². The average molecular weight is 279 g/mol. The summed E-state index contributed by atoms with van der Waals surface area (Å²) >= 11 is 0. The molecule has 3 heterocycles. The maximum absolute atomic E-state index is 12.4. The summed E-state index contributed by atoms with van der Waals surface area (Å²) in [6, 6.07) is 0.421. The summed E-state index contributed by atoms with van der Waals surface area (Å²) in [6.45, 7) is 6.46. The van der Waals surface area contributed by atoms with Crippen molar-refractivity contribution in [3.05, 3.63) is 0 Å². The summed E-state index contributed by atoms with van der Waals surface area (Å²) in [7, 11) is 0. The van der Waals surface area contributed by atoms with Crippen molar-refractivity contribution in [3.63, 3.8) is 0 Å². The van der Waals surface area contributed by atoms with Gasteiger partial charge in [-0.25, -0.2) is 0 Å². The molecule has 0 aromatic rings. The highest BCUT2D eigenvalue weighted by molar-refractivity contribution is 5.95. The Balaban J connectivity index is 1.85. The van der Waals surface area contributed by atoms with Crippen LogP contribution in [0, 0.1) is 5.92 Å². The first-order chi connectivity index (χ1) is 9.59. The molecule has 3 rings (SSSR count). The molecule has 3 aliphatic heterocycles. The number of rotatable bonds is 2. The van der Waals surface area contributed by atoms with Crippen molar-refractivity contribution >= 4 is 11.8 Å². The van der Waals surface area contributed by atoms with Gasteiger partial charge in [-0.2, -0.15) is 0 Å². The third-order valence-corrected chi connectivity index (χ3v) is 5.08. The first kappa shape index (κ1) is 13.9. The van der Waals surface area contributed by atoms with E-state index in [-0.39, 0.29) is 36.4 Å². The van der Waals surface area contributed by atoms with Crippen molar-refractivity contribution in [2.45, 2.75) is 57.7 Å². The summed E-state index contributed by atoms with van der Waals surface area (Å²) in [5.41, 5.74) is 0. The van der Waals surface area contributed by atoms with Crippen LogP contribution >= 0.6 is 0 Å². The molecule has 0 saturated carbocycles. The normalized spacial score (nSPS) is 35.4. The molecule has 3 fully saturated rings. The van der Waals surface area contributed by atoms with Gasteiger partial charge in [0.2, 0.25) is 11.8 Å². The maximum atomic E-state index is 12.4. The van der Waals surface area contributed by atoms with E-state index in [2.05, 4.69) is 10.2 Å². The van der Waals surface area contributed by atoms with E-state index in [4.69, 9.17) is 0 Å². The number of piperazine rings is 1. The molecule has 0 aromatic carbocycles. The summed E-state index contributed by atoms with van der Waals surface area (Å²) in [4.78, 5) is 29.0. The highest BCUT2D eigenvalue weighted by Crippen LogP contribution is 2.33. The number of carbonyl (C=O) groups is 2. The molecule has 0 spiro atoms. The minimum absolute atomic E-state index is 0.0221. The van der Waals surface area contributed by atoms with Gasteiger partial charge in [0, 0.05) is 18.6 Å². The first-order valence-electron chi connectivity index (χ1n) is 7.92. The van der Waals surface area contributed by atoms with Crippen LogP contribution in [0.25, 0.3) is 0 Å². The molecule has 0 aliphatic carbocycles. The third kappa shape index (κ3) is 2.22. The number of fused-ring (bicyclic) bond motifs is 1. The fourth-order valence-electron chi connectivity index (χ4n) is 4.20. The largest absolute Gasteiger partial charge is 0.345 e. The van der Waals surface area contributed by atoms with E-state index in [0.29, 0.717) is 6.04 Å². The van der Waals surface area contributed by atoms with Crippen LogP contribution in [0.15, 0.2) is 0 Å². The van der Waals surface area contributed by atoms with Crippen LogP contribution in [0.4, 0.5) is 0 Å². The number of nitrogens with one attached hydrogen (secondary N) is 1. The molecule has 0 bridgehead atoms. The lowest BCUT2D eigenvalue weighted by molar-refractivity contribution is -0.151. The SMILES string of the molecule is CC(C)C1C(=O)NCC(=O)N1C1CCN2CCCCC12. The minimum Gasteiger partial charge on any atom is -0.345 e. The monoisotopic (exact) mass is 279 g/mol. The molecule has 0 aromatic heterocycles. The van der Waals surface area contributed by atoms with E-state index in [1.54, 1.807) is 0 Å². The van der Waals surface area contributed by atoms with Crippen LogP contribution < -0.4 is 5.32 Å². The van der Waals surface area contributed by atoms with Crippen LogP contribution in [0.5, 0.6) is 0 Å². The molecule has 5 heteroatoms. The van der Waals surface area contributed by atoms with E-state index in [1.165, 1.54) is 19.3 Å². The molecular formula is C15H25N3O2. The van der Waals surface area contributed by atoms with Gasteiger partial charge in [0.25, 0.3) is 0 Å². The fraction of sp³-hybridized carbons (Fsp3) is 0.867. The van der Waals surface area contributed by atoms with Crippen molar-refractivity contribution < 1.29 is 9.59 Å². The summed E-state index contributed by atoms with van der Waals surface area (Å²) in [6.07, 6.45) is 4.71. The van der Waals surface area contributed by atoms with Gasteiger partial charge in [0.05, 0.1) is 6.54 Å². The van der Waals surface area contributed by atoms with Crippen LogP contribution in [-0.2, 0) is 9.59 Å². The van der Waals surface area contributed by atoms with Gasteiger partial charge < -0.3 is 10.2 Å². The molecule has 3 saturated heterocycles. The van der Waals surface area contributed by atoms with Gasteiger partial charge in [-0.15, -0.1) is 0 Å². The molecule has 20 heavy (non-hydrogen) atoms. The third-order valence-electron chi connectivity index (χ3n) is 5.08. The van der Waals surface area contributed by atoms with E-state index >= 15 is 0 Å². The van der Waals surface area contributed by atoms with Crippen LogP contribution in [0.3, 0.4) is 0 Å². The number of piperidine rings is 1. The zero-order valence-electron chi connectivity index (χ0n) is 12.5. The van der Waals surface area contributed by atoms with Gasteiger partial charge in [-0.05, 0) is 31.7 Å². The van der Waals surface area contributed by atoms with Crippen molar-refractivity contribution in [3.8, 4) is 0 Å². The summed E-state index contributed by atoms with van der Waals surface area (Å²) in [5, 5.41) is 2.74. The van der Waals surface area contributed by atoms with E-state index < -0.39 is 0 Å². The number of carbonyl (C=O) groups excluding carboxylic acids is 2. The van der Waals surface area contributed by atoms with Crippen molar-refractivity contribution in [2.75, 3.05) is 19.6 Å². The fourth-order valence-corrected chi connectivity index (χ4v) is 4.20. The second kappa shape index (κ2) is 5.35. The lowest BCUT2D eigenvalue weighted by Crippen LogP contribution is -2.65. The lowest BCUT2D eigenvalue weighted by atomic mass is 9.92. The molecule has 112 valence electrons. The Kier molecular flexibility index (Phi) is 3.71. The molecule has 3 aliphatic rings. The Bertz CT molecular complexity index is 410. The van der Waals surface area contributed by atoms with Crippen LogP contribution in [-0.4, -0.2) is 59.4 Å². The Morgan fingerprint density at radius 1 is 1.10 bits per heavy atom. The van der Waals surface area contributed by atoms with Crippen LogP contribution in [0.1, 0.15) is 39.5 Å². The zero-order valence-corrected chi connectivity index (χ0v) is 12.5. The zero-order chi connectivity index (χ0) is 14.3. The van der Waals surface area contributed by atoms with Gasteiger partial charge in [-0.3, -0.25) is 14.5 Å². The van der Waals surface area contributed by atoms with Crippen LogP contribution in [0.2, 0.25) is 0 Å². The topological polar surface area (TPSA) is 52.7 Å². The van der Waals surface area contributed by atoms with E-state index in [0.717, 1.165) is 19.5 Å². The average Bonchev–Trinajstić information content (AvgIpc) is 2.84. The summed E-state index contributed by atoms with van der Waals surface area (Å²) < 4.78 is 0. The predicted molar refractivity (Wildman–Crippen MR) is 76.1 cm³/mol. The predicted octanol–water partition coefficient (Wildman–Crippen LogP) is 0.596.